The van der Waals surface area contributed by atoms with E-state index in [1.165, 1.54) is 11.5 Å². The second kappa shape index (κ2) is 3.52. The summed E-state index contributed by atoms with van der Waals surface area (Å²) in [5.74, 6) is -0.0630. The number of benzene rings is 1. The zero-order valence-corrected chi connectivity index (χ0v) is 9.58. The first-order valence-corrected chi connectivity index (χ1v) is 5.14. The Labute approximate surface area is 95.0 Å². The van der Waals surface area contributed by atoms with Crippen LogP contribution >= 0.6 is 15.9 Å². The summed E-state index contributed by atoms with van der Waals surface area (Å²) >= 11 is 3.38. The number of carbonyl (C=O) groups excluding carboxylic acids is 1. The molecule has 0 amide bonds. The highest BCUT2D eigenvalue weighted by Crippen LogP contribution is 2.26. The maximum Gasteiger partial charge on any atom is 0.227 e. The Morgan fingerprint density at radius 3 is 2.87 bits per heavy atom. The Morgan fingerprint density at radius 1 is 1.53 bits per heavy atom. The summed E-state index contributed by atoms with van der Waals surface area (Å²) in [5, 5.41) is 9.76. The van der Waals surface area contributed by atoms with Crippen molar-refractivity contribution in [3.8, 4) is 6.07 Å². The summed E-state index contributed by atoms with van der Waals surface area (Å²) in [7, 11) is 0. The molecule has 0 radical (unpaired) electrons. The second-order valence-corrected chi connectivity index (χ2v) is 4.06. The lowest BCUT2D eigenvalue weighted by Crippen LogP contribution is -2.02. The van der Waals surface area contributed by atoms with E-state index in [9.17, 15) is 4.79 Å². The zero-order chi connectivity index (χ0) is 11.0. The van der Waals surface area contributed by atoms with Crippen molar-refractivity contribution in [2.24, 2.45) is 0 Å². The maximum atomic E-state index is 11.3. The van der Waals surface area contributed by atoms with Gasteiger partial charge in [-0.05, 0) is 18.2 Å². The van der Waals surface area contributed by atoms with Crippen molar-refractivity contribution in [2.45, 2.75) is 6.92 Å². The molecule has 0 aliphatic carbocycles. The highest BCUT2D eigenvalue weighted by molar-refractivity contribution is 9.10. The molecule has 15 heavy (non-hydrogen) atoms. The largest absolute Gasteiger partial charge is 0.287 e. The van der Waals surface area contributed by atoms with Crippen LogP contribution in [-0.4, -0.2) is 10.5 Å². The first-order valence-electron chi connectivity index (χ1n) is 4.35. The highest BCUT2D eigenvalue weighted by Gasteiger charge is 2.08. The van der Waals surface area contributed by atoms with E-state index in [2.05, 4.69) is 22.0 Å². The molecule has 0 saturated carbocycles. The zero-order valence-electron chi connectivity index (χ0n) is 7.99. The molecule has 0 atom stereocenters. The van der Waals surface area contributed by atoms with Gasteiger partial charge in [0, 0.05) is 23.0 Å². The van der Waals surface area contributed by atoms with Gasteiger partial charge in [-0.1, -0.05) is 15.9 Å². The summed E-state index contributed by atoms with van der Waals surface area (Å²) in [6, 6.07) is 7.36. The summed E-state index contributed by atoms with van der Waals surface area (Å²) in [5.41, 5.74) is 1.30. The molecule has 74 valence electrons. The van der Waals surface area contributed by atoms with Crippen LogP contribution in [0.15, 0.2) is 28.9 Å². The SMILES string of the molecule is CC(=O)n1ccc2c(Br)cc(C#N)cc21. The van der Waals surface area contributed by atoms with Crippen molar-refractivity contribution in [1.29, 1.82) is 5.26 Å². The predicted molar refractivity (Wildman–Crippen MR) is 60.7 cm³/mol. The van der Waals surface area contributed by atoms with E-state index in [0.29, 0.717) is 5.56 Å². The lowest BCUT2D eigenvalue weighted by atomic mass is 10.2. The van der Waals surface area contributed by atoms with Crippen LogP contribution in [0, 0.1) is 11.3 Å². The first kappa shape index (κ1) is 9.94. The van der Waals surface area contributed by atoms with Gasteiger partial charge in [0.2, 0.25) is 5.91 Å². The van der Waals surface area contributed by atoms with Crippen molar-refractivity contribution < 1.29 is 4.79 Å². The van der Waals surface area contributed by atoms with Gasteiger partial charge in [0.05, 0.1) is 17.1 Å². The molecule has 0 aliphatic rings. The lowest BCUT2D eigenvalue weighted by molar-refractivity contribution is 0.0941. The van der Waals surface area contributed by atoms with Crippen molar-refractivity contribution in [1.82, 2.24) is 4.57 Å². The van der Waals surface area contributed by atoms with E-state index in [0.717, 1.165) is 15.4 Å². The topological polar surface area (TPSA) is 45.8 Å². The molecule has 1 aromatic heterocycles. The molecule has 1 heterocycles. The fraction of sp³-hybridized carbons (Fsp3) is 0.0909. The van der Waals surface area contributed by atoms with E-state index in [4.69, 9.17) is 5.26 Å². The van der Waals surface area contributed by atoms with Crippen LogP contribution in [0.4, 0.5) is 0 Å². The number of hydrogen-bond donors (Lipinski definition) is 0. The van der Waals surface area contributed by atoms with E-state index < -0.39 is 0 Å². The number of fused-ring (bicyclic) bond motifs is 1. The Hall–Kier alpha value is -1.60. The van der Waals surface area contributed by atoms with Gasteiger partial charge in [-0.15, -0.1) is 0 Å². The van der Waals surface area contributed by atoms with E-state index in [1.807, 2.05) is 6.07 Å². The van der Waals surface area contributed by atoms with Gasteiger partial charge in [0.15, 0.2) is 0 Å². The summed E-state index contributed by atoms with van der Waals surface area (Å²) in [6.07, 6.45) is 1.71. The molecule has 3 nitrogen and oxygen atoms in total. The number of rotatable bonds is 0. The van der Waals surface area contributed by atoms with Gasteiger partial charge in [-0.3, -0.25) is 9.36 Å². The van der Waals surface area contributed by atoms with Crippen LogP contribution in [0.25, 0.3) is 10.9 Å². The minimum absolute atomic E-state index is 0.0630. The molecule has 0 saturated heterocycles. The highest BCUT2D eigenvalue weighted by atomic mass is 79.9. The summed E-state index contributed by atoms with van der Waals surface area (Å²) < 4.78 is 2.36. The molecule has 2 rings (SSSR count). The molecule has 0 unspecified atom stereocenters. The number of aromatic nitrogens is 1. The van der Waals surface area contributed by atoms with Crippen LogP contribution < -0.4 is 0 Å². The number of halogens is 1. The first-order chi connectivity index (χ1) is 7.13. The number of nitriles is 1. The van der Waals surface area contributed by atoms with Crippen LogP contribution in [0.3, 0.4) is 0 Å². The minimum Gasteiger partial charge on any atom is -0.287 e. The molecular weight excluding hydrogens is 256 g/mol. The second-order valence-electron chi connectivity index (χ2n) is 3.21. The number of nitrogens with zero attached hydrogens (tertiary/aromatic N) is 2. The van der Waals surface area contributed by atoms with Gasteiger partial charge >= 0.3 is 0 Å². The van der Waals surface area contributed by atoms with E-state index >= 15 is 0 Å². The van der Waals surface area contributed by atoms with Gasteiger partial charge in [-0.25, -0.2) is 0 Å². The third-order valence-corrected chi connectivity index (χ3v) is 2.88. The quantitative estimate of drug-likeness (QED) is 0.733. The summed E-state index contributed by atoms with van der Waals surface area (Å²) in [6.45, 7) is 1.49. The predicted octanol–water partition coefficient (Wildman–Crippen LogP) is 2.94. The van der Waals surface area contributed by atoms with Gasteiger partial charge in [0.25, 0.3) is 0 Å². The van der Waals surface area contributed by atoms with Crippen molar-refractivity contribution >= 4 is 32.7 Å². The van der Waals surface area contributed by atoms with Gasteiger partial charge in [0.1, 0.15) is 0 Å². The molecule has 0 spiro atoms. The molecule has 0 N–H and O–H groups in total. The standard InChI is InChI=1S/C11H7BrN2O/c1-7(15)14-3-2-9-10(12)4-8(6-13)5-11(9)14/h2-5H,1H3. The monoisotopic (exact) mass is 262 g/mol. The van der Waals surface area contributed by atoms with Crippen molar-refractivity contribution in [3.05, 3.63) is 34.4 Å². The molecule has 0 bridgehead atoms. The molecular formula is C11H7BrN2O. The Kier molecular flexibility index (Phi) is 2.33. The molecule has 2 aromatic rings. The van der Waals surface area contributed by atoms with Crippen LogP contribution in [0.5, 0.6) is 0 Å². The molecule has 4 heteroatoms. The smallest absolute Gasteiger partial charge is 0.227 e. The number of hydrogen-bond acceptors (Lipinski definition) is 2. The lowest BCUT2D eigenvalue weighted by Gasteiger charge is -2.00. The summed E-state index contributed by atoms with van der Waals surface area (Å²) in [4.78, 5) is 11.3. The number of carbonyl (C=O) groups is 1. The normalized spacial score (nSPS) is 10.2. The van der Waals surface area contributed by atoms with E-state index in [-0.39, 0.29) is 5.91 Å². The average Bonchev–Trinajstić information content (AvgIpc) is 2.61. The van der Waals surface area contributed by atoms with Crippen LogP contribution in [0.2, 0.25) is 0 Å². The van der Waals surface area contributed by atoms with Crippen LogP contribution in [0.1, 0.15) is 17.3 Å². The van der Waals surface area contributed by atoms with E-state index in [1.54, 1.807) is 18.3 Å². The average molecular weight is 263 g/mol. The Morgan fingerprint density at radius 2 is 2.27 bits per heavy atom. The maximum absolute atomic E-state index is 11.3. The molecule has 1 aromatic carbocycles. The van der Waals surface area contributed by atoms with Crippen molar-refractivity contribution in [3.63, 3.8) is 0 Å². The fourth-order valence-electron chi connectivity index (χ4n) is 1.54. The third-order valence-electron chi connectivity index (χ3n) is 2.23. The minimum atomic E-state index is -0.0630. The molecule has 0 fully saturated rings. The Bertz CT molecular complexity index is 592. The Balaban J connectivity index is 2.85. The molecule has 0 aliphatic heterocycles. The third kappa shape index (κ3) is 1.55. The fourth-order valence-corrected chi connectivity index (χ4v) is 2.12. The van der Waals surface area contributed by atoms with Crippen molar-refractivity contribution in [2.75, 3.05) is 0 Å². The van der Waals surface area contributed by atoms with Gasteiger partial charge < -0.3 is 0 Å². The van der Waals surface area contributed by atoms with Gasteiger partial charge in [-0.2, -0.15) is 5.26 Å². The van der Waals surface area contributed by atoms with Crippen LogP contribution in [-0.2, 0) is 0 Å².